The van der Waals surface area contributed by atoms with E-state index in [1.54, 1.807) is 23.2 Å². The van der Waals surface area contributed by atoms with E-state index >= 15 is 0 Å². The molecule has 0 fully saturated rings. The average molecular weight is 460 g/mol. The molecule has 9 heteroatoms. The molecule has 31 heavy (non-hydrogen) atoms. The van der Waals surface area contributed by atoms with E-state index < -0.39 is 5.60 Å². The molecule has 0 saturated heterocycles. The molecule has 1 aliphatic rings. The molecule has 7 nitrogen and oxygen atoms in total. The minimum atomic E-state index is -0.503. The number of aromatic amines is 1. The van der Waals surface area contributed by atoms with Gasteiger partial charge in [-0.1, -0.05) is 29.3 Å². The van der Waals surface area contributed by atoms with Gasteiger partial charge in [0, 0.05) is 36.1 Å². The highest BCUT2D eigenvalue weighted by molar-refractivity contribution is 6.32. The topological polar surface area (TPSA) is 83.1 Å². The quantitative estimate of drug-likeness (QED) is 0.466. The van der Waals surface area contributed by atoms with Gasteiger partial charge in [-0.15, -0.1) is 0 Å². The number of H-pyrrole nitrogens is 1. The van der Waals surface area contributed by atoms with Gasteiger partial charge in [-0.3, -0.25) is 0 Å². The number of rotatable bonds is 3. The number of halogens is 2. The van der Waals surface area contributed by atoms with Crippen LogP contribution in [0.3, 0.4) is 0 Å². The maximum atomic E-state index is 12.3. The number of fused-ring (bicyclic) bond motifs is 1. The van der Waals surface area contributed by atoms with Crippen molar-refractivity contribution in [2.45, 2.75) is 32.8 Å². The van der Waals surface area contributed by atoms with E-state index in [-0.39, 0.29) is 6.09 Å². The third-order valence-electron chi connectivity index (χ3n) is 4.78. The first kappa shape index (κ1) is 21.5. The van der Waals surface area contributed by atoms with Gasteiger partial charge in [0.1, 0.15) is 21.6 Å². The molecule has 2 N–H and O–H groups in total. The standard InChI is InChI=1S/C22H23Cl2N5O2/c1-22(2,3)31-21(30)29-8-5-13(6-9-29)17-12-15-16(4-7-25-20(15)27-17)26-14-10-18(23)28-19(24)11-14/h4-5,7,10-12H,6,8-9H2,1-3H3,(H2,25,26,27,28). The van der Waals surface area contributed by atoms with Crippen molar-refractivity contribution < 1.29 is 9.53 Å². The first-order valence-corrected chi connectivity index (χ1v) is 10.7. The predicted molar refractivity (Wildman–Crippen MR) is 124 cm³/mol. The van der Waals surface area contributed by atoms with Gasteiger partial charge in [-0.05, 0) is 57.0 Å². The summed E-state index contributed by atoms with van der Waals surface area (Å²) in [7, 11) is 0. The Labute approximate surface area is 190 Å². The third-order valence-corrected chi connectivity index (χ3v) is 5.17. The molecule has 3 aromatic rings. The number of anilines is 2. The lowest BCUT2D eigenvalue weighted by Gasteiger charge is -2.29. The van der Waals surface area contributed by atoms with Crippen LogP contribution in [0.15, 0.2) is 36.5 Å². The maximum absolute atomic E-state index is 12.3. The highest BCUT2D eigenvalue weighted by Gasteiger charge is 2.24. The van der Waals surface area contributed by atoms with E-state index in [1.165, 1.54) is 0 Å². The zero-order valence-corrected chi connectivity index (χ0v) is 19.0. The Morgan fingerprint density at radius 2 is 1.97 bits per heavy atom. The van der Waals surface area contributed by atoms with E-state index in [0.717, 1.165) is 40.1 Å². The highest BCUT2D eigenvalue weighted by Crippen LogP contribution is 2.31. The van der Waals surface area contributed by atoms with Crippen LogP contribution in [0, 0.1) is 0 Å². The zero-order chi connectivity index (χ0) is 22.2. The van der Waals surface area contributed by atoms with Crippen molar-refractivity contribution in [1.29, 1.82) is 0 Å². The van der Waals surface area contributed by atoms with Crippen LogP contribution >= 0.6 is 23.2 Å². The fourth-order valence-corrected chi connectivity index (χ4v) is 3.87. The first-order chi connectivity index (χ1) is 14.7. The molecular formula is C22H23Cl2N5O2. The summed E-state index contributed by atoms with van der Waals surface area (Å²) in [6.07, 6.45) is 4.22. The van der Waals surface area contributed by atoms with Gasteiger partial charge in [-0.25, -0.2) is 14.8 Å². The number of pyridine rings is 2. The summed E-state index contributed by atoms with van der Waals surface area (Å²) in [5, 5.41) is 4.91. The number of amides is 1. The van der Waals surface area contributed by atoms with Crippen LogP contribution in [-0.4, -0.2) is 44.6 Å². The summed E-state index contributed by atoms with van der Waals surface area (Å²) in [5.41, 5.74) is 3.99. The molecule has 4 heterocycles. The molecule has 1 aliphatic heterocycles. The highest BCUT2D eigenvalue weighted by atomic mass is 35.5. The molecule has 3 aromatic heterocycles. The van der Waals surface area contributed by atoms with Crippen molar-refractivity contribution in [2.75, 3.05) is 18.4 Å². The normalized spacial score (nSPS) is 14.5. The van der Waals surface area contributed by atoms with Gasteiger partial charge >= 0.3 is 6.09 Å². The van der Waals surface area contributed by atoms with Gasteiger partial charge in [0.2, 0.25) is 0 Å². The van der Waals surface area contributed by atoms with E-state index in [0.29, 0.717) is 23.4 Å². The minimum absolute atomic E-state index is 0.290. The predicted octanol–water partition coefficient (Wildman–Crippen LogP) is 6.03. The van der Waals surface area contributed by atoms with Crippen molar-refractivity contribution in [3.63, 3.8) is 0 Å². The summed E-state index contributed by atoms with van der Waals surface area (Å²) >= 11 is 12.0. The number of nitrogens with zero attached hydrogens (tertiary/aromatic N) is 3. The number of hydrogen-bond acceptors (Lipinski definition) is 5. The molecule has 0 radical (unpaired) electrons. The summed E-state index contributed by atoms with van der Waals surface area (Å²) in [6.45, 7) is 6.71. The van der Waals surface area contributed by atoms with Crippen molar-refractivity contribution in [3.05, 3.63) is 52.5 Å². The van der Waals surface area contributed by atoms with E-state index in [4.69, 9.17) is 27.9 Å². The third kappa shape index (κ3) is 5.11. The number of carbonyl (C=O) groups is 1. The Morgan fingerprint density at radius 1 is 1.23 bits per heavy atom. The molecule has 162 valence electrons. The first-order valence-electron chi connectivity index (χ1n) is 9.93. The van der Waals surface area contributed by atoms with Crippen LogP contribution in [0.2, 0.25) is 10.3 Å². The average Bonchev–Trinajstić information content (AvgIpc) is 3.11. The number of nitrogens with one attached hydrogen (secondary N) is 2. The van der Waals surface area contributed by atoms with Crippen LogP contribution in [-0.2, 0) is 4.74 Å². The number of aromatic nitrogens is 3. The smallest absolute Gasteiger partial charge is 0.410 e. The van der Waals surface area contributed by atoms with Gasteiger partial charge in [0.25, 0.3) is 0 Å². The van der Waals surface area contributed by atoms with Crippen molar-refractivity contribution in [2.24, 2.45) is 0 Å². The van der Waals surface area contributed by atoms with E-state index in [2.05, 4.69) is 26.3 Å². The van der Waals surface area contributed by atoms with Crippen LogP contribution < -0.4 is 5.32 Å². The summed E-state index contributed by atoms with van der Waals surface area (Å²) < 4.78 is 5.46. The van der Waals surface area contributed by atoms with Gasteiger partial charge in [0.15, 0.2) is 0 Å². The summed E-state index contributed by atoms with van der Waals surface area (Å²) in [5.74, 6) is 0. The maximum Gasteiger partial charge on any atom is 0.410 e. The SMILES string of the molecule is CC(C)(C)OC(=O)N1CC=C(c2cc3c(Nc4cc(Cl)nc(Cl)c4)ccnc3[nH]2)CC1. The number of carbonyl (C=O) groups excluding carboxylic acids is 1. The minimum Gasteiger partial charge on any atom is -0.444 e. The summed E-state index contributed by atoms with van der Waals surface area (Å²) in [4.78, 5) is 25.8. The molecular weight excluding hydrogens is 437 g/mol. The fraction of sp³-hybridized carbons (Fsp3) is 0.318. The van der Waals surface area contributed by atoms with E-state index in [1.807, 2.05) is 32.9 Å². The Balaban J connectivity index is 1.55. The molecule has 0 aliphatic carbocycles. The van der Waals surface area contributed by atoms with Crippen LogP contribution in [0.4, 0.5) is 16.2 Å². The Hall–Kier alpha value is -2.77. The Morgan fingerprint density at radius 3 is 2.61 bits per heavy atom. The van der Waals surface area contributed by atoms with Gasteiger partial charge < -0.3 is 19.9 Å². The van der Waals surface area contributed by atoms with Gasteiger partial charge in [0.05, 0.1) is 5.69 Å². The van der Waals surface area contributed by atoms with Crippen LogP contribution in [0.5, 0.6) is 0 Å². The lowest BCUT2D eigenvalue weighted by molar-refractivity contribution is 0.0270. The molecule has 0 spiro atoms. The van der Waals surface area contributed by atoms with E-state index in [9.17, 15) is 4.79 Å². The zero-order valence-electron chi connectivity index (χ0n) is 17.5. The van der Waals surface area contributed by atoms with Crippen LogP contribution in [0.25, 0.3) is 16.6 Å². The Kier molecular flexibility index (Phi) is 5.81. The van der Waals surface area contributed by atoms with Crippen molar-refractivity contribution >= 4 is 57.3 Å². The van der Waals surface area contributed by atoms with Gasteiger partial charge in [-0.2, -0.15) is 0 Å². The monoisotopic (exact) mass is 459 g/mol. The second-order valence-corrected chi connectivity index (χ2v) is 9.11. The second-order valence-electron chi connectivity index (χ2n) is 8.34. The lowest BCUT2D eigenvalue weighted by Crippen LogP contribution is -2.39. The molecule has 4 rings (SSSR count). The van der Waals surface area contributed by atoms with Crippen LogP contribution in [0.1, 0.15) is 32.9 Å². The molecule has 0 saturated carbocycles. The molecule has 0 unspecified atom stereocenters. The largest absolute Gasteiger partial charge is 0.444 e. The molecule has 0 aromatic carbocycles. The molecule has 0 atom stereocenters. The van der Waals surface area contributed by atoms with Crippen molar-refractivity contribution in [3.8, 4) is 0 Å². The van der Waals surface area contributed by atoms with Crippen molar-refractivity contribution in [1.82, 2.24) is 19.9 Å². The molecule has 1 amide bonds. The number of hydrogen-bond donors (Lipinski definition) is 2. The second kappa shape index (κ2) is 8.40. The summed E-state index contributed by atoms with van der Waals surface area (Å²) in [6, 6.07) is 7.37. The number of ether oxygens (including phenoxy) is 1. The Bertz CT molecular complexity index is 1150. The fourth-order valence-electron chi connectivity index (χ4n) is 3.41. The lowest BCUT2D eigenvalue weighted by atomic mass is 10.0. The molecule has 0 bridgehead atoms.